The molecule has 0 bridgehead atoms. The fraction of sp³-hybridized carbons (Fsp3) is 0.476. The quantitative estimate of drug-likeness (QED) is 0.802. The second kappa shape index (κ2) is 7.46. The summed E-state index contributed by atoms with van der Waals surface area (Å²) in [5, 5.41) is 1.42. The van der Waals surface area contributed by atoms with Crippen LogP contribution in [0.3, 0.4) is 0 Å². The maximum atomic E-state index is 13.2. The molecule has 0 atom stereocenters. The van der Waals surface area contributed by atoms with E-state index < -0.39 is 10.0 Å². The number of benzene rings is 2. The zero-order chi connectivity index (χ0) is 19.9. The van der Waals surface area contributed by atoms with Gasteiger partial charge in [-0.25, -0.2) is 8.42 Å². The zero-order valence-electron chi connectivity index (χ0n) is 16.6. The van der Waals surface area contributed by atoms with Gasteiger partial charge in [0.15, 0.2) is 6.67 Å². The lowest BCUT2D eigenvalue weighted by atomic mass is 10.1. The number of carbonyl (C=O) groups excluding carboxylic acids is 1. The monoisotopic (exact) mass is 402 g/mol. The fourth-order valence-electron chi connectivity index (χ4n) is 4.54. The normalized spacial score (nSPS) is 17.8. The van der Waals surface area contributed by atoms with E-state index in [-0.39, 0.29) is 10.8 Å². The molecule has 4 rings (SSSR count). The van der Waals surface area contributed by atoms with Crippen molar-refractivity contribution in [2.45, 2.75) is 38.0 Å². The smallest absolute Gasteiger partial charge is 0.263 e. The molecular weight excluding hydrogens is 374 g/mol. The van der Waals surface area contributed by atoms with Crippen molar-refractivity contribution in [3.8, 4) is 0 Å². The molecule has 150 valence electrons. The van der Waals surface area contributed by atoms with Crippen molar-refractivity contribution < 1.29 is 18.1 Å². The number of nitrogens with one attached hydrogen (secondary N) is 1. The summed E-state index contributed by atoms with van der Waals surface area (Å²) in [7, 11) is -3.60. The lowest BCUT2D eigenvalue weighted by Gasteiger charge is -2.28. The van der Waals surface area contributed by atoms with E-state index in [2.05, 4.69) is 0 Å². The Bertz CT molecular complexity index is 1010. The van der Waals surface area contributed by atoms with Gasteiger partial charge in [0.25, 0.3) is 5.91 Å². The molecule has 2 aromatic carbocycles. The zero-order valence-corrected chi connectivity index (χ0v) is 17.4. The Morgan fingerprint density at radius 3 is 2.43 bits per heavy atom. The van der Waals surface area contributed by atoms with Gasteiger partial charge in [-0.1, -0.05) is 26.0 Å². The Balaban J connectivity index is 1.81. The lowest BCUT2D eigenvalue weighted by molar-refractivity contribution is -0.903. The number of carbonyl (C=O) groups is 1. The summed E-state index contributed by atoms with van der Waals surface area (Å²) in [5.41, 5.74) is 1.45. The number of rotatable bonds is 6. The molecule has 2 heterocycles. The second-order valence-electron chi connectivity index (χ2n) is 7.60. The van der Waals surface area contributed by atoms with E-state index in [0.29, 0.717) is 30.7 Å². The molecule has 0 aromatic heterocycles. The molecule has 2 aliphatic rings. The van der Waals surface area contributed by atoms with Crippen molar-refractivity contribution in [1.29, 1.82) is 0 Å². The predicted octanol–water partition coefficient (Wildman–Crippen LogP) is 1.86. The van der Waals surface area contributed by atoms with Crippen LogP contribution in [0.4, 0.5) is 5.69 Å². The minimum Gasteiger partial charge on any atom is -0.317 e. The van der Waals surface area contributed by atoms with Gasteiger partial charge in [0.05, 0.1) is 29.2 Å². The summed E-state index contributed by atoms with van der Waals surface area (Å²) in [6.07, 6.45) is 3.65. The number of quaternary nitrogens is 1. The number of piperidine rings is 1. The van der Waals surface area contributed by atoms with Crippen LogP contribution in [0.25, 0.3) is 10.8 Å². The van der Waals surface area contributed by atoms with Crippen molar-refractivity contribution >= 4 is 32.4 Å². The Kier molecular flexibility index (Phi) is 5.16. The van der Waals surface area contributed by atoms with Crippen LogP contribution in [0.5, 0.6) is 0 Å². The highest BCUT2D eigenvalue weighted by molar-refractivity contribution is 7.89. The van der Waals surface area contributed by atoms with E-state index in [1.54, 1.807) is 12.1 Å². The van der Waals surface area contributed by atoms with E-state index in [4.69, 9.17) is 0 Å². The summed E-state index contributed by atoms with van der Waals surface area (Å²) in [6, 6.07) is 8.91. The number of anilines is 1. The van der Waals surface area contributed by atoms with Crippen molar-refractivity contribution in [3.63, 3.8) is 0 Å². The first kappa shape index (κ1) is 19.4. The molecule has 0 unspecified atom stereocenters. The molecule has 0 aliphatic carbocycles. The number of sulfonamides is 1. The Hall–Kier alpha value is -1.96. The highest BCUT2D eigenvalue weighted by atomic mass is 32.2. The summed E-state index contributed by atoms with van der Waals surface area (Å²) >= 11 is 0. The number of hydrogen-bond acceptors (Lipinski definition) is 3. The molecule has 1 fully saturated rings. The SMILES string of the molecule is CCN(CC)S(=O)(=O)c1ccc2c3c(cccc13)C(=O)N2C[NH+]1CCCCC1. The Morgan fingerprint density at radius 1 is 1.04 bits per heavy atom. The topological polar surface area (TPSA) is 62.1 Å². The van der Waals surface area contributed by atoms with E-state index in [9.17, 15) is 13.2 Å². The highest BCUT2D eigenvalue weighted by Gasteiger charge is 2.35. The van der Waals surface area contributed by atoms with Crippen molar-refractivity contribution in [2.24, 2.45) is 0 Å². The van der Waals surface area contributed by atoms with Crippen LogP contribution < -0.4 is 9.80 Å². The van der Waals surface area contributed by atoms with E-state index >= 15 is 0 Å². The van der Waals surface area contributed by atoms with Crippen molar-refractivity contribution in [2.75, 3.05) is 37.7 Å². The maximum Gasteiger partial charge on any atom is 0.263 e. The first-order valence-electron chi connectivity index (χ1n) is 10.2. The molecule has 28 heavy (non-hydrogen) atoms. The van der Waals surface area contributed by atoms with Gasteiger partial charge in [-0.05, 0) is 37.5 Å². The number of likely N-dealkylation sites (tertiary alicyclic amines) is 1. The summed E-state index contributed by atoms with van der Waals surface area (Å²) in [5.74, 6) is -0.0175. The fourth-order valence-corrected chi connectivity index (χ4v) is 6.18. The third kappa shape index (κ3) is 3.02. The van der Waals surface area contributed by atoms with Gasteiger partial charge in [-0.15, -0.1) is 0 Å². The average molecular weight is 403 g/mol. The summed E-state index contributed by atoms with van der Waals surface area (Å²) < 4.78 is 27.8. The molecular formula is C21H28N3O3S+. The molecule has 6 nitrogen and oxygen atoms in total. The average Bonchev–Trinajstić information content (AvgIpc) is 2.97. The minimum atomic E-state index is -3.60. The van der Waals surface area contributed by atoms with Crippen LogP contribution in [0.15, 0.2) is 35.2 Å². The third-order valence-electron chi connectivity index (χ3n) is 6.01. The first-order chi connectivity index (χ1) is 13.5. The van der Waals surface area contributed by atoms with Crippen molar-refractivity contribution in [1.82, 2.24) is 4.31 Å². The van der Waals surface area contributed by atoms with E-state index in [0.717, 1.165) is 24.2 Å². The molecule has 7 heteroatoms. The number of hydrogen-bond donors (Lipinski definition) is 1. The second-order valence-corrected chi connectivity index (χ2v) is 9.51. The molecule has 1 N–H and O–H groups in total. The van der Waals surface area contributed by atoms with Gasteiger partial charge in [-0.3, -0.25) is 9.69 Å². The van der Waals surface area contributed by atoms with Gasteiger partial charge in [0, 0.05) is 23.9 Å². The summed E-state index contributed by atoms with van der Waals surface area (Å²) in [4.78, 5) is 16.7. The van der Waals surface area contributed by atoms with Crippen LogP contribution in [0.2, 0.25) is 0 Å². The molecule has 1 amide bonds. The van der Waals surface area contributed by atoms with Crippen LogP contribution in [0.1, 0.15) is 43.5 Å². The van der Waals surface area contributed by atoms with Gasteiger partial charge < -0.3 is 4.90 Å². The first-order valence-corrected chi connectivity index (χ1v) is 11.6. The predicted molar refractivity (Wildman–Crippen MR) is 110 cm³/mol. The van der Waals surface area contributed by atoms with Gasteiger partial charge in [-0.2, -0.15) is 4.31 Å². The minimum absolute atomic E-state index is 0.0175. The van der Waals surface area contributed by atoms with Gasteiger partial charge in [0.2, 0.25) is 10.0 Å². The van der Waals surface area contributed by atoms with E-state index in [1.165, 1.54) is 28.5 Å². The Labute approximate surface area is 166 Å². The Morgan fingerprint density at radius 2 is 1.75 bits per heavy atom. The molecule has 0 saturated carbocycles. The number of amides is 1. The molecule has 1 saturated heterocycles. The van der Waals surface area contributed by atoms with Crippen LogP contribution in [-0.4, -0.2) is 51.5 Å². The number of nitrogens with zero attached hydrogens (tertiary/aromatic N) is 2. The van der Waals surface area contributed by atoms with E-state index in [1.807, 2.05) is 36.9 Å². The third-order valence-corrected chi connectivity index (χ3v) is 8.12. The standard InChI is InChI=1S/C21H27N3O3S/c1-3-23(4-2)28(26,27)19-12-11-18-20-16(19)9-8-10-17(20)21(25)24(18)15-22-13-6-5-7-14-22/h8-12H,3-7,13-15H2,1-2H3/p+1. The van der Waals surface area contributed by atoms with Crippen LogP contribution in [-0.2, 0) is 10.0 Å². The van der Waals surface area contributed by atoms with Crippen LogP contribution >= 0.6 is 0 Å². The highest BCUT2D eigenvalue weighted by Crippen LogP contribution is 2.40. The molecule has 0 spiro atoms. The van der Waals surface area contributed by atoms with Gasteiger partial charge in [0.1, 0.15) is 0 Å². The molecule has 2 aromatic rings. The molecule has 2 aliphatic heterocycles. The van der Waals surface area contributed by atoms with Crippen molar-refractivity contribution in [3.05, 3.63) is 35.9 Å². The lowest BCUT2D eigenvalue weighted by Crippen LogP contribution is -3.14. The maximum absolute atomic E-state index is 13.2. The molecule has 0 radical (unpaired) electrons. The van der Waals surface area contributed by atoms with Crippen LogP contribution in [0, 0.1) is 0 Å². The summed E-state index contributed by atoms with van der Waals surface area (Å²) in [6.45, 7) is 7.33. The van der Waals surface area contributed by atoms with Gasteiger partial charge >= 0.3 is 0 Å². The largest absolute Gasteiger partial charge is 0.317 e.